The quantitative estimate of drug-likeness (QED) is 0.849. The van der Waals surface area contributed by atoms with E-state index in [9.17, 15) is 13.2 Å². The molecule has 0 radical (unpaired) electrons. The molecule has 2 rings (SSSR count). The smallest absolute Gasteiger partial charge is 0.304 e. The predicted octanol–water partition coefficient (Wildman–Crippen LogP) is 1.19. The summed E-state index contributed by atoms with van der Waals surface area (Å²) >= 11 is 0. The summed E-state index contributed by atoms with van der Waals surface area (Å²) in [5, 5.41) is 17.7. The van der Waals surface area contributed by atoms with Crippen LogP contribution in [0.2, 0.25) is 0 Å². The lowest BCUT2D eigenvalue weighted by molar-refractivity contribution is -0.137. The molecule has 1 aromatic carbocycles. The molecule has 6 nitrogen and oxygen atoms in total. The number of carboxylic acids is 1. The van der Waals surface area contributed by atoms with Gasteiger partial charge in [0.15, 0.2) is 0 Å². The van der Waals surface area contributed by atoms with Crippen LogP contribution in [0.4, 0.5) is 0 Å². The van der Waals surface area contributed by atoms with Crippen LogP contribution in [0.1, 0.15) is 24.8 Å². The summed E-state index contributed by atoms with van der Waals surface area (Å²) in [6.07, 6.45) is 1.21. The maximum Gasteiger partial charge on any atom is 0.304 e. The van der Waals surface area contributed by atoms with Gasteiger partial charge in [-0.2, -0.15) is 9.57 Å². The average molecular weight is 294 g/mol. The molecule has 1 aliphatic carbocycles. The molecule has 0 saturated heterocycles. The largest absolute Gasteiger partial charge is 0.481 e. The molecule has 0 spiro atoms. The third-order valence-electron chi connectivity index (χ3n) is 3.09. The highest BCUT2D eigenvalue weighted by molar-refractivity contribution is 7.89. The summed E-state index contributed by atoms with van der Waals surface area (Å²) in [5.41, 5.74) is 0.0773. The van der Waals surface area contributed by atoms with E-state index in [4.69, 9.17) is 10.4 Å². The number of carbonyl (C=O) groups is 1. The molecule has 0 atom stereocenters. The van der Waals surface area contributed by atoms with Gasteiger partial charge in [0, 0.05) is 12.6 Å². The topological polar surface area (TPSA) is 98.5 Å². The van der Waals surface area contributed by atoms with Crippen molar-refractivity contribution in [3.8, 4) is 6.07 Å². The van der Waals surface area contributed by atoms with Crippen LogP contribution in [0.25, 0.3) is 0 Å². The van der Waals surface area contributed by atoms with Crippen molar-refractivity contribution >= 4 is 16.0 Å². The highest BCUT2D eigenvalue weighted by Gasteiger charge is 2.38. The van der Waals surface area contributed by atoms with E-state index in [0.29, 0.717) is 0 Å². The number of aliphatic carboxylic acids is 1. The van der Waals surface area contributed by atoms with E-state index in [-0.39, 0.29) is 29.5 Å². The van der Waals surface area contributed by atoms with Crippen LogP contribution in [0.3, 0.4) is 0 Å². The third kappa shape index (κ3) is 2.98. The van der Waals surface area contributed by atoms with Crippen LogP contribution in [-0.4, -0.2) is 36.4 Å². The standard InChI is InChI=1S/C13H14N2O4S/c14-9-10-3-1-2-4-12(10)20(18,19)15(11-5-6-11)8-7-13(16)17/h1-4,11H,5-8H2,(H,16,17). The fourth-order valence-electron chi connectivity index (χ4n) is 1.98. The Bertz CT molecular complexity index is 659. The van der Waals surface area contributed by atoms with Gasteiger partial charge >= 0.3 is 5.97 Å². The third-order valence-corrected chi connectivity index (χ3v) is 5.10. The second-order valence-electron chi connectivity index (χ2n) is 4.60. The zero-order valence-electron chi connectivity index (χ0n) is 10.7. The molecule has 0 amide bonds. The first-order valence-electron chi connectivity index (χ1n) is 6.19. The van der Waals surface area contributed by atoms with Gasteiger partial charge < -0.3 is 5.11 Å². The highest BCUT2D eigenvalue weighted by atomic mass is 32.2. The Balaban J connectivity index is 2.35. The SMILES string of the molecule is N#Cc1ccccc1S(=O)(=O)N(CCC(=O)O)C1CC1. The number of nitrogens with zero attached hydrogens (tertiary/aromatic N) is 2. The Hall–Kier alpha value is -1.91. The lowest BCUT2D eigenvalue weighted by atomic mass is 10.2. The van der Waals surface area contributed by atoms with Gasteiger partial charge in [-0.25, -0.2) is 8.42 Å². The summed E-state index contributed by atoms with van der Waals surface area (Å²) in [6, 6.07) is 7.68. The summed E-state index contributed by atoms with van der Waals surface area (Å²) < 4.78 is 26.4. The number of hydrogen-bond acceptors (Lipinski definition) is 4. The van der Waals surface area contributed by atoms with E-state index < -0.39 is 16.0 Å². The minimum Gasteiger partial charge on any atom is -0.481 e. The fraction of sp³-hybridized carbons (Fsp3) is 0.385. The van der Waals surface area contributed by atoms with E-state index in [1.54, 1.807) is 12.1 Å². The van der Waals surface area contributed by atoms with Gasteiger partial charge in [-0.1, -0.05) is 12.1 Å². The Morgan fingerprint density at radius 2 is 2.05 bits per heavy atom. The van der Waals surface area contributed by atoms with Gasteiger partial charge in [0.2, 0.25) is 10.0 Å². The second-order valence-corrected chi connectivity index (χ2v) is 6.46. The molecular formula is C13H14N2O4S. The van der Waals surface area contributed by atoms with Crippen LogP contribution in [0, 0.1) is 11.3 Å². The Labute approximate surface area is 117 Å². The zero-order valence-corrected chi connectivity index (χ0v) is 11.5. The van der Waals surface area contributed by atoms with E-state index in [1.807, 2.05) is 6.07 Å². The first kappa shape index (κ1) is 14.5. The summed E-state index contributed by atoms with van der Waals surface area (Å²) in [5.74, 6) is -1.04. The summed E-state index contributed by atoms with van der Waals surface area (Å²) in [6.45, 7) is -0.0674. The molecule has 0 bridgehead atoms. The number of benzene rings is 1. The van der Waals surface area contributed by atoms with Crippen molar-refractivity contribution in [2.45, 2.75) is 30.2 Å². The Morgan fingerprint density at radius 3 is 2.60 bits per heavy atom. The summed E-state index contributed by atoms with van der Waals surface area (Å²) in [7, 11) is -3.83. The second kappa shape index (κ2) is 5.61. The minimum atomic E-state index is -3.83. The van der Waals surface area contributed by atoms with Crippen molar-refractivity contribution in [3.63, 3.8) is 0 Å². The lowest BCUT2D eigenvalue weighted by Crippen LogP contribution is -2.35. The molecular weight excluding hydrogens is 280 g/mol. The van der Waals surface area contributed by atoms with Gasteiger partial charge in [-0.3, -0.25) is 4.79 Å². The average Bonchev–Trinajstić information content (AvgIpc) is 3.23. The van der Waals surface area contributed by atoms with Crippen molar-refractivity contribution in [1.82, 2.24) is 4.31 Å². The van der Waals surface area contributed by atoms with Crippen LogP contribution in [0.15, 0.2) is 29.2 Å². The molecule has 0 aromatic heterocycles. The van der Waals surface area contributed by atoms with Crippen molar-refractivity contribution in [2.75, 3.05) is 6.54 Å². The van der Waals surface area contributed by atoms with Crippen molar-refractivity contribution < 1.29 is 18.3 Å². The maximum absolute atomic E-state index is 12.6. The van der Waals surface area contributed by atoms with Gasteiger partial charge in [-0.05, 0) is 25.0 Å². The fourth-order valence-corrected chi connectivity index (χ4v) is 3.81. The number of nitriles is 1. The van der Waals surface area contributed by atoms with E-state index in [1.165, 1.54) is 16.4 Å². The molecule has 1 aromatic rings. The van der Waals surface area contributed by atoms with Crippen LogP contribution in [0.5, 0.6) is 0 Å². The monoisotopic (exact) mass is 294 g/mol. The van der Waals surface area contributed by atoms with Crippen molar-refractivity contribution in [3.05, 3.63) is 29.8 Å². The Kier molecular flexibility index (Phi) is 4.06. The van der Waals surface area contributed by atoms with Gasteiger partial charge in [-0.15, -0.1) is 0 Å². The van der Waals surface area contributed by atoms with Crippen molar-refractivity contribution in [1.29, 1.82) is 5.26 Å². The van der Waals surface area contributed by atoms with Crippen LogP contribution in [-0.2, 0) is 14.8 Å². The Morgan fingerprint density at radius 1 is 1.40 bits per heavy atom. The molecule has 1 N–H and O–H groups in total. The van der Waals surface area contributed by atoms with Crippen molar-refractivity contribution in [2.24, 2.45) is 0 Å². The maximum atomic E-state index is 12.6. The molecule has 106 valence electrons. The molecule has 0 aliphatic heterocycles. The van der Waals surface area contributed by atoms with Gasteiger partial charge in [0.25, 0.3) is 0 Å². The number of sulfonamides is 1. The first-order valence-corrected chi connectivity index (χ1v) is 7.63. The first-order chi connectivity index (χ1) is 9.46. The van der Waals surface area contributed by atoms with E-state index in [2.05, 4.69) is 0 Å². The lowest BCUT2D eigenvalue weighted by Gasteiger charge is -2.21. The van der Waals surface area contributed by atoms with E-state index in [0.717, 1.165) is 12.8 Å². The van der Waals surface area contributed by atoms with E-state index >= 15 is 0 Å². The van der Waals surface area contributed by atoms with Gasteiger partial charge in [0.05, 0.1) is 16.9 Å². The minimum absolute atomic E-state index is 0.0558. The summed E-state index contributed by atoms with van der Waals surface area (Å²) in [4.78, 5) is 10.6. The van der Waals surface area contributed by atoms with Crippen LogP contribution >= 0.6 is 0 Å². The number of carboxylic acid groups (broad SMARTS) is 1. The molecule has 7 heteroatoms. The molecule has 0 heterocycles. The molecule has 1 aliphatic rings. The van der Waals surface area contributed by atoms with Gasteiger partial charge in [0.1, 0.15) is 6.07 Å². The number of rotatable bonds is 6. The normalized spacial score (nSPS) is 15.0. The molecule has 1 saturated carbocycles. The highest BCUT2D eigenvalue weighted by Crippen LogP contribution is 2.33. The number of hydrogen-bond donors (Lipinski definition) is 1. The molecule has 1 fully saturated rings. The predicted molar refractivity (Wildman–Crippen MR) is 70.3 cm³/mol. The zero-order chi connectivity index (χ0) is 14.8. The van der Waals surface area contributed by atoms with Crippen LogP contribution < -0.4 is 0 Å². The molecule has 0 unspecified atom stereocenters. The molecule has 20 heavy (non-hydrogen) atoms.